The lowest BCUT2D eigenvalue weighted by molar-refractivity contribution is 0.102. The summed E-state index contributed by atoms with van der Waals surface area (Å²) >= 11 is 6.42. The van der Waals surface area contributed by atoms with Crippen molar-refractivity contribution in [2.24, 2.45) is 0 Å². The lowest BCUT2D eigenvalue weighted by Gasteiger charge is -2.16. The van der Waals surface area contributed by atoms with Crippen molar-refractivity contribution in [2.45, 2.75) is 26.9 Å². The number of halogens is 1. The third-order valence-corrected chi connectivity index (χ3v) is 4.72. The molecule has 0 heterocycles. The molecule has 0 bridgehead atoms. The van der Waals surface area contributed by atoms with Gasteiger partial charge in [0.05, 0.1) is 11.6 Å². The van der Waals surface area contributed by atoms with Crippen LogP contribution in [-0.2, 0) is 13.0 Å². The number of ether oxygens (including phenoxy) is 2. The maximum Gasteiger partial charge on any atom is 0.255 e. The van der Waals surface area contributed by atoms with Gasteiger partial charge in [-0.1, -0.05) is 67.1 Å². The molecule has 1 N–H and O–H groups in total. The average molecular weight is 410 g/mol. The van der Waals surface area contributed by atoms with Gasteiger partial charge in [0.1, 0.15) is 6.61 Å². The first-order valence-electron chi connectivity index (χ1n) is 9.64. The van der Waals surface area contributed by atoms with Gasteiger partial charge in [0.2, 0.25) is 0 Å². The number of aryl methyl sites for hydroxylation is 1. The fourth-order valence-electron chi connectivity index (χ4n) is 2.97. The Morgan fingerprint density at radius 1 is 0.966 bits per heavy atom. The van der Waals surface area contributed by atoms with Crippen LogP contribution in [0.5, 0.6) is 11.5 Å². The summed E-state index contributed by atoms with van der Waals surface area (Å²) in [5, 5.41) is 3.30. The normalized spacial score (nSPS) is 10.4. The van der Waals surface area contributed by atoms with E-state index >= 15 is 0 Å². The second kappa shape index (κ2) is 9.99. The van der Waals surface area contributed by atoms with Crippen LogP contribution >= 0.6 is 11.6 Å². The van der Waals surface area contributed by atoms with Crippen LogP contribution in [0, 0.1) is 0 Å². The molecule has 3 rings (SSSR count). The van der Waals surface area contributed by atoms with Crippen LogP contribution < -0.4 is 14.8 Å². The molecule has 3 aromatic rings. The van der Waals surface area contributed by atoms with Crippen LogP contribution in [0.25, 0.3) is 0 Å². The topological polar surface area (TPSA) is 47.6 Å². The number of nitrogens with one attached hydrogen (secondary N) is 1. The smallest absolute Gasteiger partial charge is 0.255 e. The van der Waals surface area contributed by atoms with E-state index in [-0.39, 0.29) is 5.91 Å². The summed E-state index contributed by atoms with van der Waals surface area (Å²) in [5.41, 5.74) is 3.28. The first-order valence-corrected chi connectivity index (χ1v) is 10.0. The third kappa shape index (κ3) is 5.30. The fraction of sp³-hybridized carbons (Fsp3) is 0.208. The minimum Gasteiger partial charge on any atom is -0.488 e. The van der Waals surface area contributed by atoms with E-state index in [9.17, 15) is 4.79 Å². The Bertz CT molecular complexity index is 973. The highest BCUT2D eigenvalue weighted by Gasteiger charge is 2.17. The van der Waals surface area contributed by atoms with Crippen molar-refractivity contribution in [3.8, 4) is 11.5 Å². The zero-order chi connectivity index (χ0) is 20.6. The highest BCUT2D eigenvalue weighted by molar-refractivity contribution is 6.32. The van der Waals surface area contributed by atoms with Crippen LogP contribution in [0.15, 0.2) is 66.7 Å². The van der Waals surface area contributed by atoms with Crippen LogP contribution in [-0.4, -0.2) is 12.5 Å². The Labute approximate surface area is 176 Å². The molecule has 0 saturated carbocycles. The Morgan fingerprint density at radius 3 is 2.41 bits per heavy atom. The van der Waals surface area contributed by atoms with Gasteiger partial charge >= 0.3 is 0 Å². The number of hydrogen-bond donors (Lipinski definition) is 1. The number of rotatable bonds is 8. The van der Waals surface area contributed by atoms with E-state index in [4.69, 9.17) is 21.1 Å². The minimum atomic E-state index is -0.250. The summed E-state index contributed by atoms with van der Waals surface area (Å²) in [6.45, 7) is 4.71. The molecule has 0 fully saturated rings. The van der Waals surface area contributed by atoms with E-state index in [0.717, 1.165) is 23.2 Å². The van der Waals surface area contributed by atoms with E-state index in [1.165, 1.54) is 0 Å². The highest BCUT2D eigenvalue weighted by Crippen LogP contribution is 2.37. The second-order valence-electron chi connectivity index (χ2n) is 6.46. The molecule has 1 amide bonds. The van der Waals surface area contributed by atoms with Crippen LogP contribution in [0.3, 0.4) is 0 Å². The summed E-state index contributed by atoms with van der Waals surface area (Å²) in [4.78, 5) is 12.9. The van der Waals surface area contributed by atoms with Gasteiger partial charge in [-0.2, -0.15) is 0 Å². The minimum absolute atomic E-state index is 0.250. The van der Waals surface area contributed by atoms with Crippen LogP contribution in [0.2, 0.25) is 5.02 Å². The van der Waals surface area contributed by atoms with Gasteiger partial charge in [-0.25, -0.2) is 0 Å². The Hall–Kier alpha value is -2.98. The average Bonchev–Trinajstić information content (AvgIpc) is 2.75. The number of hydrogen-bond acceptors (Lipinski definition) is 3. The van der Waals surface area contributed by atoms with E-state index in [2.05, 4.69) is 5.32 Å². The van der Waals surface area contributed by atoms with E-state index < -0.39 is 0 Å². The predicted molar refractivity (Wildman–Crippen MR) is 117 cm³/mol. The van der Waals surface area contributed by atoms with Crippen molar-refractivity contribution in [3.05, 3.63) is 88.4 Å². The SMILES string of the molecule is CCOc1c(Cl)cc(C(=O)Nc2ccccc2CC)cc1OCc1ccccc1. The van der Waals surface area contributed by atoms with Crippen molar-refractivity contribution >= 4 is 23.2 Å². The fourth-order valence-corrected chi connectivity index (χ4v) is 3.24. The molecule has 0 aliphatic heterocycles. The molecule has 0 atom stereocenters. The first-order chi connectivity index (χ1) is 14.1. The molecule has 150 valence electrons. The quantitative estimate of drug-likeness (QED) is 0.486. The monoisotopic (exact) mass is 409 g/mol. The number of para-hydroxylation sites is 1. The molecule has 0 aliphatic carbocycles. The zero-order valence-electron chi connectivity index (χ0n) is 16.6. The molecular weight excluding hydrogens is 386 g/mol. The summed E-state index contributed by atoms with van der Waals surface area (Å²) in [6.07, 6.45) is 0.825. The number of anilines is 1. The van der Waals surface area contributed by atoms with Gasteiger partial charge in [-0.3, -0.25) is 4.79 Å². The van der Waals surface area contributed by atoms with Crippen molar-refractivity contribution in [3.63, 3.8) is 0 Å². The molecule has 5 heteroatoms. The number of benzene rings is 3. The van der Waals surface area contributed by atoms with Crippen molar-refractivity contribution in [1.29, 1.82) is 0 Å². The summed E-state index contributed by atoms with van der Waals surface area (Å²) in [7, 11) is 0. The maximum atomic E-state index is 12.9. The molecule has 0 unspecified atom stereocenters. The Kier molecular flexibility index (Phi) is 7.14. The summed E-state index contributed by atoms with van der Waals surface area (Å²) < 4.78 is 11.6. The Morgan fingerprint density at radius 2 is 1.69 bits per heavy atom. The summed E-state index contributed by atoms with van der Waals surface area (Å²) in [6, 6.07) is 20.8. The molecule has 29 heavy (non-hydrogen) atoms. The summed E-state index contributed by atoms with van der Waals surface area (Å²) in [5.74, 6) is 0.633. The first kappa shape index (κ1) is 20.7. The van der Waals surface area contributed by atoms with E-state index in [1.807, 2.05) is 68.4 Å². The van der Waals surface area contributed by atoms with Gasteiger partial charge in [-0.15, -0.1) is 0 Å². The standard InChI is InChI=1S/C24H24ClNO3/c1-3-18-12-8-9-13-21(18)26-24(27)19-14-20(25)23(28-4-2)22(15-19)29-16-17-10-6-5-7-11-17/h5-15H,3-4,16H2,1-2H3,(H,26,27). The number of amides is 1. The molecule has 0 aromatic heterocycles. The molecule has 4 nitrogen and oxygen atoms in total. The number of carbonyl (C=O) groups is 1. The second-order valence-corrected chi connectivity index (χ2v) is 6.86. The highest BCUT2D eigenvalue weighted by atomic mass is 35.5. The molecule has 0 spiro atoms. The van der Waals surface area contributed by atoms with Gasteiger partial charge in [0.15, 0.2) is 11.5 Å². The van der Waals surface area contributed by atoms with Crippen molar-refractivity contribution < 1.29 is 14.3 Å². The van der Waals surface area contributed by atoms with E-state index in [1.54, 1.807) is 12.1 Å². The van der Waals surface area contributed by atoms with Gasteiger partial charge in [0, 0.05) is 11.3 Å². The zero-order valence-corrected chi connectivity index (χ0v) is 17.3. The predicted octanol–water partition coefficient (Wildman–Crippen LogP) is 6.13. The maximum absolute atomic E-state index is 12.9. The molecular formula is C24H24ClNO3. The lowest BCUT2D eigenvalue weighted by Crippen LogP contribution is -2.14. The third-order valence-electron chi connectivity index (χ3n) is 4.44. The molecule has 0 radical (unpaired) electrons. The van der Waals surface area contributed by atoms with E-state index in [0.29, 0.717) is 35.3 Å². The van der Waals surface area contributed by atoms with Gasteiger partial charge < -0.3 is 14.8 Å². The van der Waals surface area contributed by atoms with Gasteiger partial charge in [-0.05, 0) is 42.7 Å². The van der Waals surface area contributed by atoms with Crippen molar-refractivity contribution in [2.75, 3.05) is 11.9 Å². The molecule has 0 saturated heterocycles. The van der Waals surface area contributed by atoms with Crippen LogP contribution in [0.4, 0.5) is 5.69 Å². The molecule has 0 aliphatic rings. The van der Waals surface area contributed by atoms with Crippen LogP contribution in [0.1, 0.15) is 35.3 Å². The van der Waals surface area contributed by atoms with Crippen molar-refractivity contribution in [1.82, 2.24) is 0 Å². The Balaban J connectivity index is 1.86. The largest absolute Gasteiger partial charge is 0.488 e. The van der Waals surface area contributed by atoms with Gasteiger partial charge in [0.25, 0.3) is 5.91 Å². The number of carbonyl (C=O) groups excluding carboxylic acids is 1. The lowest BCUT2D eigenvalue weighted by atomic mass is 10.1. The molecule has 3 aromatic carbocycles.